The second kappa shape index (κ2) is 5.83. The minimum atomic E-state index is -3.46. The van der Waals surface area contributed by atoms with Crippen LogP contribution in [0.4, 0.5) is 0 Å². The first kappa shape index (κ1) is 16.5. The van der Waals surface area contributed by atoms with Gasteiger partial charge in [-0.05, 0) is 31.5 Å². The van der Waals surface area contributed by atoms with E-state index in [0.29, 0.717) is 17.1 Å². The van der Waals surface area contributed by atoms with Crippen molar-refractivity contribution in [3.63, 3.8) is 0 Å². The van der Waals surface area contributed by atoms with Gasteiger partial charge in [-0.2, -0.15) is 0 Å². The highest BCUT2D eigenvalue weighted by Gasteiger charge is 2.37. The molecule has 0 atom stereocenters. The number of methoxy groups -OCH3 is 2. The first-order chi connectivity index (χ1) is 9.13. The molecule has 0 amide bonds. The average molecular weight is 300 g/mol. The fourth-order valence-electron chi connectivity index (χ4n) is 1.60. The monoisotopic (exact) mass is 300 g/mol. The molecule has 1 aromatic carbocycles. The molecule has 0 aliphatic carbocycles. The molecular formula is C14H20O5S. The Labute approximate surface area is 119 Å². The van der Waals surface area contributed by atoms with Crippen LogP contribution < -0.4 is 9.47 Å². The predicted octanol–water partition coefficient (Wildman–Crippen LogP) is 1.64. The number of carbonyl (C=O) groups excluding carboxylic acids is 1. The number of Topliss-reactive ketones (excluding diaryl/α,β-unsaturated/α-hetero) is 1. The Morgan fingerprint density at radius 3 is 2.15 bits per heavy atom. The van der Waals surface area contributed by atoms with Crippen molar-refractivity contribution in [2.24, 2.45) is 0 Å². The second-order valence-corrected chi connectivity index (χ2v) is 7.64. The summed E-state index contributed by atoms with van der Waals surface area (Å²) in [6, 6.07) is 5.08. The molecule has 0 radical (unpaired) electrons. The third-order valence-corrected chi connectivity index (χ3v) is 5.49. The van der Waals surface area contributed by atoms with Gasteiger partial charge in [-0.1, -0.05) is 6.07 Å². The summed E-state index contributed by atoms with van der Waals surface area (Å²) in [5.74, 6) is 0.716. The van der Waals surface area contributed by atoms with Crippen molar-refractivity contribution in [1.29, 1.82) is 0 Å². The van der Waals surface area contributed by atoms with Crippen molar-refractivity contribution in [2.75, 3.05) is 20.5 Å². The van der Waals surface area contributed by atoms with Crippen LogP contribution in [0.25, 0.3) is 0 Å². The highest BCUT2D eigenvalue weighted by atomic mass is 32.2. The molecule has 0 spiro atoms. The van der Waals surface area contributed by atoms with Crippen LogP contribution in [0.15, 0.2) is 18.2 Å². The molecule has 0 N–H and O–H groups in total. The van der Waals surface area contributed by atoms with Crippen LogP contribution in [0.1, 0.15) is 19.4 Å². The van der Waals surface area contributed by atoms with Crippen LogP contribution >= 0.6 is 0 Å². The molecule has 1 rings (SSSR count). The Kier molecular flexibility index (Phi) is 4.81. The largest absolute Gasteiger partial charge is 0.493 e. The Hall–Kier alpha value is -1.56. The molecule has 20 heavy (non-hydrogen) atoms. The molecular weight excluding hydrogens is 280 g/mol. The van der Waals surface area contributed by atoms with Gasteiger partial charge in [0.25, 0.3) is 0 Å². The van der Waals surface area contributed by atoms with Crippen molar-refractivity contribution in [2.45, 2.75) is 25.0 Å². The first-order valence-electron chi connectivity index (χ1n) is 6.07. The molecule has 0 heterocycles. The molecule has 0 saturated carbocycles. The molecule has 0 aliphatic rings. The second-order valence-electron chi connectivity index (χ2n) is 5.07. The highest BCUT2D eigenvalue weighted by molar-refractivity contribution is 7.92. The van der Waals surface area contributed by atoms with Gasteiger partial charge in [0, 0.05) is 12.7 Å². The molecule has 1 aromatic rings. The fraction of sp³-hybridized carbons (Fsp3) is 0.500. The average Bonchev–Trinajstić information content (AvgIpc) is 2.37. The zero-order valence-electron chi connectivity index (χ0n) is 12.4. The van der Waals surface area contributed by atoms with Gasteiger partial charge >= 0.3 is 0 Å². The van der Waals surface area contributed by atoms with Crippen molar-refractivity contribution in [3.8, 4) is 11.5 Å². The molecule has 6 heteroatoms. The first-order valence-corrected chi connectivity index (χ1v) is 7.96. The maximum Gasteiger partial charge on any atom is 0.161 e. The summed E-state index contributed by atoms with van der Waals surface area (Å²) in [5, 5.41) is 0. The zero-order valence-corrected chi connectivity index (χ0v) is 13.2. The van der Waals surface area contributed by atoms with Crippen molar-refractivity contribution in [3.05, 3.63) is 23.8 Å². The third-order valence-electron chi connectivity index (χ3n) is 3.41. The lowest BCUT2D eigenvalue weighted by molar-refractivity contribution is -0.120. The lowest BCUT2D eigenvalue weighted by Gasteiger charge is -2.21. The summed E-state index contributed by atoms with van der Waals surface area (Å²) < 4.78 is 32.2. The van der Waals surface area contributed by atoms with Gasteiger partial charge in [0.1, 0.15) is 4.75 Å². The number of benzene rings is 1. The Morgan fingerprint density at radius 2 is 1.70 bits per heavy atom. The van der Waals surface area contributed by atoms with E-state index in [1.165, 1.54) is 28.1 Å². The molecule has 0 saturated heterocycles. The van der Waals surface area contributed by atoms with Crippen LogP contribution in [0, 0.1) is 0 Å². The summed E-state index contributed by atoms with van der Waals surface area (Å²) in [4.78, 5) is 12.2. The smallest absolute Gasteiger partial charge is 0.161 e. The van der Waals surface area contributed by atoms with E-state index < -0.39 is 14.6 Å². The molecule has 0 aliphatic heterocycles. The van der Waals surface area contributed by atoms with Gasteiger partial charge in [-0.15, -0.1) is 0 Å². The van der Waals surface area contributed by atoms with Crippen molar-refractivity contribution in [1.82, 2.24) is 0 Å². The Bertz CT molecular complexity index is 602. The minimum absolute atomic E-state index is 0.0282. The molecule has 0 aromatic heterocycles. The third kappa shape index (κ3) is 3.30. The summed E-state index contributed by atoms with van der Waals surface area (Å²) >= 11 is 0. The van der Waals surface area contributed by atoms with Crippen LogP contribution in [0.2, 0.25) is 0 Å². The topological polar surface area (TPSA) is 69.7 Å². The van der Waals surface area contributed by atoms with Gasteiger partial charge < -0.3 is 9.47 Å². The summed E-state index contributed by atoms with van der Waals surface area (Å²) in [5.41, 5.74) is 0.685. The minimum Gasteiger partial charge on any atom is -0.493 e. The standard InChI is InChI=1S/C14H20O5S/c1-14(2,20(5,16)17)13(15)9-10-6-7-11(18-3)12(8-10)19-4/h6-8H,9H2,1-5H3. The maximum atomic E-state index is 12.2. The van der Waals surface area contributed by atoms with Gasteiger partial charge in [0.2, 0.25) is 0 Å². The van der Waals surface area contributed by atoms with Crippen molar-refractivity contribution >= 4 is 15.6 Å². The van der Waals surface area contributed by atoms with E-state index >= 15 is 0 Å². The number of ether oxygens (including phenoxy) is 2. The molecule has 112 valence electrons. The van der Waals surface area contributed by atoms with Crippen LogP contribution in [0.3, 0.4) is 0 Å². The van der Waals surface area contributed by atoms with E-state index in [2.05, 4.69) is 0 Å². The fourth-order valence-corrected chi connectivity index (χ4v) is 2.08. The Balaban J connectivity index is 3.03. The van der Waals surface area contributed by atoms with E-state index in [0.717, 1.165) is 6.26 Å². The zero-order chi connectivity index (χ0) is 15.6. The molecule has 0 unspecified atom stereocenters. The molecule has 0 bridgehead atoms. The highest BCUT2D eigenvalue weighted by Crippen LogP contribution is 2.28. The van der Waals surface area contributed by atoms with Gasteiger partial charge in [-0.3, -0.25) is 4.79 Å². The quantitative estimate of drug-likeness (QED) is 0.799. The Morgan fingerprint density at radius 1 is 1.15 bits per heavy atom. The van der Waals surface area contributed by atoms with Crippen LogP contribution in [-0.2, 0) is 21.1 Å². The number of hydrogen-bond donors (Lipinski definition) is 0. The van der Waals surface area contributed by atoms with Crippen LogP contribution in [-0.4, -0.2) is 39.4 Å². The molecule has 0 fully saturated rings. The molecule has 5 nitrogen and oxygen atoms in total. The van der Waals surface area contributed by atoms with Crippen molar-refractivity contribution < 1.29 is 22.7 Å². The summed E-state index contributed by atoms with van der Waals surface area (Å²) in [6.07, 6.45) is 1.10. The number of carbonyl (C=O) groups is 1. The number of rotatable bonds is 6. The summed E-state index contributed by atoms with van der Waals surface area (Å²) in [6.45, 7) is 2.84. The lowest BCUT2D eigenvalue weighted by Crippen LogP contribution is -2.40. The normalized spacial score (nSPS) is 12.1. The van der Waals surface area contributed by atoms with E-state index in [1.807, 2.05) is 0 Å². The van der Waals surface area contributed by atoms with Gasteiger partial charge in [0.05, 0.1) is 14.2 Å². The maximum absolute atomic E-state index is 12.2. The van der Waals surface area contributed by atoms with E-state index in [-0.39, 0.29) is 12.2 Å². The lowest BCUT2D eigenvalue weighted by atomic mass is 10.00. The van der Waals surface area contributed by atoms with E-state index in [9.17, 15) is 13.2 Å². The van der Waals surface area contributed by atoms with Gasteiger partial charge in [-0.25, -0.2) is 8.42 Å². The summed E-state index contributed by atoms with van der Waals surface area (Å²) in [7, 11) is -0.429. The van der Waals surface area contributed by atoms with Crippen LogP contribution in [0.5, 0.6) is 11.5 Å². The number of hydrogen-bond acceptors (Lipinski definition) is 5. The van der Waals surface area contributed by atoms with E-state index in [1.54, 1.807) is 18.2 Å². The van der Waals surface area contributed by atoms with Gasteiger partial charge in [0.15, 0.2) is 27.1 Å². The number of sulfone groups is 1. The number of ketones is 1. The SMILES string of the molecule is COc1ccc(CC(=O)C(C)(C)S(C)(=O)=O)cc1OC. The van der Waals surface area contributed by atoms with E-state index in [4.69, 9.17) is 9.47 Å². The predicted molar refractivity (Wildman–Crippen MR) is 77.2 cm³/mol.